The van der Waals surface area contributed by atoms with Crippen LogP contribution in [-0.4, -0.2) is 70.6 Å². The first-order valence-corrected chi connectivity index (χ1v) is 16.1. The molecule has 5 aromatic rings. The fourth-order valence-corrected chi connectivity index (χ4v) is 6.39. The molecule has 4 aromatic carbocycles. The molecule has 0 aliphatic carbocycles. The molecule has 1 aromatic heterocycles. The molecule has 52 heavy (non-hydrogen) atoms. The van der Waals surface area contributed by atoms with Crippen LogP contribution >= 0.6 is 0 Å². The molecule has 0 radical (unpaired) electrons. The van der Waals surface area contributed by atoms with Crippen molar-refractivity contribution in [3.63, 3.8) is 0 Å². The Labute approximate surface area is 292 Å². The highest BCUT2D eigenvalue weighted by Crippen LogP contribution is 2.46. The van der Waals surface area contributed by atoms with E-state index in [4.69, 9.17) is 14.2 Å². The van der Waals surface area contributed by atoms with Gasteiger partial charge in [0.25, 0.3) is 10.0 Å². The second-order valence-electron chi connectivity index (χ2n) is 11.2. The van der Waals surface area contributed by atoms with Gasteiger partial charge in [-0.15, -0.1) is 9.19 Å². The third-order valence-electron chi connectivity index (χ3n) is 7.76. The molecule has 2 heterocycles. The minimum Gasteiger partial charge on any atom is -0.507 e. The summed E-state index contributed by atoms with van der Waals surface area (Å²) in [6.07, 6.45) is -1.80. The Morgan fingerprint density at radius 1 is 0.846 bits per heavy atom. The summed E-state index contributed by atoms with van der Waals surface area (Å²) in [5, 5.41) is 96.4. The molecular formula is C33H23N5O13S. The number of carbonyl (C=O) groups excluding carboxylic acids is 1. The van der Waals surface area contributed by atoms with E-state index >= 15 is 0 Å². The second-order valence-corrected chi connectivity index (χ2v) is 13.0. The summed E-state index contributed by atoms with van der Waals surface area (Å²) in [5.74, 6) is -6.28. The summed E-state index contributed by atoms with van der Waals surface area (Å²) < 4.78 is 44.2. The van der Waals surface area contributed by atoms with Gasteiger partial charge in [0.15, 0.2) is 40.6 Å². The van der Waals surface area contributed by atoms with Crippen molar-refractivity contribution < 1.29 is 63.2 Å². The molecule has 19 heteroatoms. The number of nitriles is 2. The van der Waals surface area contributed by atoms with Crippen LogP contribution in [0.4, 0.5) is 0 Å². The number of aromatic hydroxyl groups is 7. The van der Waals surface area contributed by atoms with E-state index in [1.54, 1.807) is 12.1 Å². The number of phenolic OH excluding ortho intramolecular Hbond substituents is 7. The number of esters is 1. The smallest absolute Gasteiger partial charge is 0.338 e. The molecule has 6 rings (SSSR count). The van der Waals surface area contributed by atoms with Gasteiger partial charge in [-0.2, -0.15) is 18.9 Å². The molecule has 0 saturated heterocycles. The Morgan fingerprint density at radius 2 is 1.44 bits per heavy atom. The molecule has 2 atom stereocenters. The van der Waals surface area contributed by atoms with Crippen molar-refractivity contribution in [3.8, 4) is 63.9 Å². The molecule has 1 aliphatic heterocycles. The van der Waals surface area contributed by atoms with Gasteiger partial charge in [-0.05, 0) is 42.5 Å². The van der Waals surface area contributed by atoms with Crippen molar-refractivity contribution in [2.75, 3.05) is 0 Å². The zero-order chi connectivity index (χ0) is 37.5. The second kappa shape index (κ2) is 13.2. The molecule has 264 valence electrons. The highest BCUT2D eigenvalue weighted by molar-refractivity contribution is 7.89. The van der Waals surface area contributed by atoms with E-state index in [0.717, 1.165) is 42.6 Å². The van der Waals surface area contributed by atoms with Crippen molar-refractivity contribution in [2.24, 2.45) is 0 Å². The Balaban J connectivity index is 1.26. The number of carbonyl (C=O) groups is 1. The highest BCUT2D eigenvalue weighted by atomic mass is 32.2. The van der Waals surface area contributed by atoms with E-state index in [-0.39, 0.29) is 68.7 Å². The molecule has 0 fully saturated rings. The Hall–Kier alpha value is -7.38. The van der Waals surface area contributed by atoms with E-state index in [0.29, 0.717) is 4.09 Å². The largest absolute Gasteiger partial charge is 0.507 e. The quantitative estimate of drug-likeness (QED) is 0.0892. The average Bonchev–Trinajstić information content (AvgIpc) is 3.61. The number of fused-ring (bicyclic) bond motifs is 1. The lowest BCUT2D eigenvalue weighted by Crippen LogP contribution is -2.34. The van der Waals surface area contributed by atoms with Gasteiger partial charge in [0.05, 0.1) is 39.9 Å². The Morgan fingerprint density at radius 3 is 2.04 bits per heavy atom. The van der Waals surface area contributed by atoms with Crippen LogP contribution in [0.15, 0.2) is 65.7 Å². The molecule has 0 saturated carbocycles. The third kappa shape index (κ3) is 6.49. The summed E-state index contributed by atoms with van der Waals surface area (Å²) in [7, 11) is -4.36. The number of phenols is 7. The van der Waals surface area contributed by atoms with Crippen LogP contribution in [0, 0.1) is 22.7 Å². The number of rotatable bonds is 8. The number of hydrogen-bond acceptors (Lipinski definition) is 17. The Bertz CT molecular complexity index is 2390. The van der Waals surface area contributed by atoms with Crippen LogP contribution in [0.25, 0.3) is 0 Å². The Kier molecular flexibility index (Phi) is 8.72. The summed E-state index contributed by atoms with van der Waals surface area (Å²) in [5.41, 5.74) is -0.324. The standard InChI is InChI=1S/C33H23N5O13S/c34-11-15-1-16(12-35)3-21(2-15)52(47,48)38-13-19(36-37-38)14-49-20-8-23(39)22-10-29(51-33(46)18-6-26(42)31(45)27(43)7-18)32(50-28(22)9-20)17-4-24(40)30(44)25(41)5-17/h1-9,13,29,32,39-45H,10,14H2. The van der Waals surface area contributed by atoms with Crippen LogP contribution in [-0.2, 0) is 27.8 Å². The molecule has 2 unspecified atom stereocenters. The van der Waals surface area contributed by atoms with Gasteiger partial charge >= 0.3 is 5.97 Å². The van der Waals surface area contributed by atoms with Crippen molar-refractivity contribution in [1.82, 2.24) is 14.4 Å². The minimum absolute atomic E-state index is 0.00354. The van der Waals surface area contributed by atoms with E-state index in [1.807, 2.05) is 0 Å². The fraction of sp³-hybridized carbons (Fsp3) is 0.121. The SMILES string of the molecule is N#Cc1cc(C#N)cc(S(=O)(=O)n2cc(COc3cc(O)c4c(c3)OC(c3cc(O)c(O)c(O)c3)C(OC(=O)c3cc(O)c(O)c(O)c3)C4)nn2)c1. The van der Waals surface area contributed by atoms with Gasteiger partial charge in [0, 0.05) is 29.7 Å². The number of ether oxygens (including phenoxy) is 3. The van der Waals surface area contributed by atoms with Crippen molar-refractivity contribution in [3.05, 3.63) is 94.3 Å². The van der Waals surface area contributed by atoms with Gasteiger partial charge in [-0.25, -0.2) is 4.79 Å². The minimum atomic E-state index is -4.36. The molecule has 0 spiro atoms. The zero-order valence-corrected chi connectivity index (χ0v) is 26.9. The van der Waals surface area contributed by atoms with Gasteiger partial charge in [0.1, 0.15) is 35.7 Å². The van der Waals surface area contributed by atoms with Crippen LogP contribution in [0.5, 0.6) is 51.7 Å². The van der Waals surface area contributed by atoms with Crippen LogP contribution in [0.3, 0.4) is 0 Å². The third-order valence-corrected chi connectivity index (χ3v) is 9.26. The van der Waals surface area contributed by atoms with Crippen molar-refractivity contribution in [1.29, 1.82) is 10.5 Å². The average molecular weight is 730 g/mol. The molecule has 1 aliphatic rings. The normalized spacial score (nSPS) is 15.0. The molecule has 18 nitrogen and oxygen atoms in total. The summed E-state index contributed by atoms with van der Waals surface area (Å²) in [4.78, 5) is 12.7. The predicted molar refractivity (Wildman–Crippen MR) is 170 cm³/mol. The maximum atomic E-state index is 13.1. The van der Waals surface area contributed by atoms with E-state index in [2.05, 4.69) is 10.3 Å². The number of hydrogen-bond donors (Lipinski definition) is 7. The van der Waals surface area contributed by atoms with Crippen molar-refractivity contribution >= 4 is 16.0 Å². The van der Waals surface area contributed by atoms with E-state index in [1.165, 1.54) is 18.2 Å². The first kappa shape index (κ1) is 34.5. The van der Waals surface area contributed by atoms with Crippen LogP contribution in [0.2, 0.25) is 0 Å². The lowest BCUT2D eigenvalue weighted by molar-refractivity contribution is -0.0189. The lowest BCUT2D eigenvalue weighted by Gasteiger charge is -2.34. The summed E-state index contributed by atoms with van der Waals surface area (Å²) in [6.45, 7) is -0.370. The summed E-state index contributed by atoms with van der Waals surface area (Å²) >= 11 is 0. The van der Waals surface area contributed by atoms with E-state index < -0.39 is 62.7 Å². The lowest BCUT2D eigenvalue weighted by atomic mass is 9.93. The van der Waals surface area contributed by atoms with Gasteiger partial charge < -0.3 is 50.0 Å². The molecule has 0 amide bonds. The summed E-state index contributed by atoms with van der Waals surface area (Å²) in [6, 6.07) is 13.2. The number of aromatic nitrogens is 3. The van der Waals surface area contributed by atoms with Gasteiger partial charge in [0.2, 0.25) is 0 Å². The first-order valence-electron chi connectivity index (χ1n) is 14.7. The molecule has 7 N–H and O–H groups in total. The maximum absolute atomic E-state index is 13.1. The molecule has 0 bridgehead atoms. The number of nitrogens with zero attached hydrogens (tertiary/aromatic N) is 5. The van der Waals surface area contributed by atoms with Gasteiger partial charge in [-0.3, -0.25) is 0 Å². The predicted octanol–water partition coefficient (Wildman–Crippen LogP) is 2.68. The zero-order valence-electron chi connectivity index (χ0n) is 26.1. The van der Waals surface area contributed by atoms with Gasteiger partial charge in [-0.1, -0.05) is 5.21 Å². The maximum Gasteiger partial charge on any atom is 0.338 e. The number of benzene rings is 4. The highest BCUT2D eigenvalue weighted by Gasteiger charge is 2.37. The van der Waals surface area contributed by atoms with Crippen LogP contribution < -0.4 is 9.47 Å². The molecular weight excluding hydrogens is 706 g/mol. The van der Waals surface area contributed by atoms with Crippen molar-refractivity contribution in [2.45, 2.75) is 30.1 Å². The monoisotopic (exact) mass is 729 g/mol. The fourth-order valence-electron chi connectivity index (χ4n) is 5.23. The van der Waals surface area contributed by atoms with Crippen LogP contribution in [0.1, 0.15) is 44.4 Å². The first-order chi connectivity index (χ1) is 24.7. The van der Waals surface area contributed by atoms with E-state index in [9.17, 15) is 59.5 Å². The topological polar surface area (TPSA) is 299 Å².